The second-order valence-corrected chi connectivity index (χ2v) is 7.34. The molecule has 0 aliphatic carbocycles. The number of para-hydroxylation sites is 1. The molecule has 0 saturated carbocycles. The number of nitrogens with zero attached hydrogens (tertiary/aromatic N) is 1. The smallest absolute Gasteiger partial charge is 0.325 e. The summed E-state index contributed by atoms with van der Waals surface area (Å²) in [6, 6.07) is 7.72. The lowest BCUT2D eigenvalue weighted by Crippen LogP contribution is -2.34. The van der Waals surface area contributed by atoms with Crippen molar-refractivity contribution < 1.29 is 9.53 Å². The molecule has 0 radical (unpaired) electrons. The number of hydrogen-bond donors (Lipinski definition) is 0. The standard InChI is InChI=1S/C23H39NO2/c1-4-6-8-10-14-18-24(19-15-11-9-7-5-2)20-23(25)26-22-17-13-12-16-21(22)3/h12-13,16-17H,4-11,14-15,18-20H2,1-3H3. The minimum Gasteiger partial charge on any atom is -0.425 e. The van der Waals surface area contributed by atoms with Gasteiger partial charge < -0.3 is 4.74 Å². The number of aryl methyl sites for hydroxylation is 1. The van der Waals surface area contributed by atoms with E-state index in [0.717, 1.165) is 18.7 Å². The van der Waals surface area contributed by atoms with Gasteiger partial charge in [-0.1, -0.05) is 83.4 Å². The van der Waals surface area contributed by atoms with Gasteiger partial charge in [0.05, 0.1) is 6.54 Å². The molecule has 0 amide bonds. The lowest BCUT2D eigenvalue weighted by Gasteiger charge is -2.21. The molecule has 0 fully saturated rings. The maximum atomic E-state index is 12.4. The van der Waals surface area contributed by atoms with Crippen LogP contribution >= 0.6 is 0 Å². The van der Waals surface area contributed by atoms with Crippen LogP contribution in [0.25, 0.3) is 0 Å². The summed E-state index contributed by atoms with van der Waals surface area (Å²) in [5.74, 6) is 0.546. The van der Waals surface area contributed by atoms with Crippen LogP contribution in [0.2, 0.25) is 0 Å². The monoisotopic (exact) mass is 361 g/mol. The minimum atomic E-state index is -0.138. The number of esters is 1. The molecule has 0 unspecified atom stereocenters. The van der Waals surface area contributed by atoms with Crippen molar-refractivity contribution >= 4 is 5.97 Å². The van der Waals surface area contributed by atoms with Crippen LogP contribution < -0.4 is 4.74 Å². The van der Waals surface area contributed by atoms with Gasteiger partial charge in [0.1, 0.15) is 5.75 Å². The van der Waals surface area contributed by atoms with E-state index in [1.54, 1.807) is 0 Å². The van der Waals surface area contributed by atoms with Gasteiger partial charge in [-0.2, -0.15) is 0 Å². The van der Waals surface area contributed by atoms with E-state index in [1.807, 2.05) is 31.2 Å². The Bertz CT molecular complexity index is 473. The summed E-state index contributed by atoms with van der Waals surface area (Å²) >= 11 is 0. The summed E-state index contributed by atoms with van der Waals surface area (Å²) in [4.78, 5) is 14.7. The Kier molecular flexibility index (Phi) is 12.9. The first-order valence-electron chi connectivity index (χ1n) is 10.7. The van der Waals surface area contributed by atoms with E-state index in [4.69, 9.17) is 4.74 Å². The third kappa shape index (κ3) is 10.6. The van der Waals surface area contributed by atoms with Gasteiger partial charge in [-0.15, -0.1) is 0 Å². The topological polar surface area (TPSA) is 29.5 Å². The van der Waals surface area contributed by atoms with Crippen molar-refractivity contribution in [1.82, 2.24) is 4.90 Å². The molecule has 1 aromatic carbocycles. The van der Waals surface area contributed by atoms with Crippen molar-refractivity contribution in [3.63, 3.8) is 0 Å². The van der Waals surface area contributed by atoms with Gasteiger partial charge in [0.2, 0.25) is 0 Å². The summed E-state index contributed by atoms with van der Waals surface area (Å²) in [5.41, 5.74) is 1.01. The van der Waals surface area contributed by atoms with Gasteiger partial charge >= 0.3 is 5.97 Å². The van der Waals surface area contributed by atoms with Crippen molar-refractivity contribution in [3.05, 3.63) is 29.8 Å². The molecule has 0 N–H and O–H groups in total. The van der Waals surface area contributed by atoms with Gasteiger partial charge in [0.15, 0.2) is 0 Å². The maximum absolute atomic E-state index is 12.4. The average molecular weight is 362 g/mol. The van der Waals surface area contributed by atoms with Crippen LogP contribution in [0.5, 0.6) is 5.75 Å². The molecule has 26 heavy (non-hydrogen) atoms. The molecule has 3 nitrogen and oxygen atoms in total. The van der Waals surface area contributed by atoms with Crippen LogP contribution in [0.1, 0.15) is 83.6 Å². The van der Waals surface area contributed by atoms with E-state index < -0.39 is 0 Å². The molecule has 1 aromatic rings. The quantitative estimate of drug-likeness (QED) is 0.213. The highest BCUT2D eigenvalue weighted by Crippen LogP contribution is 2.16. The molecule has 0 aromatic heterocycles. The van der Waals surface area contributed by atoms with Crippen LogP contribution in [0, 0.1) is 6.92 Å². The van der Waals surface area contributed by atoms with Gasteiger partial charge in [0.25, 0.3) is 0 Å². The van der Waals surface area contributed by atoms with Gasteiger partial charge in [0, 0.05) is 0 Å². The Balaban J connectivity index is 2.42. The van der Waals surface area contributed by atoms with Crippen molar-refractivity contribution in [2.24, 2.45) is 0 Å². The molecule has 0 aliphatic rings. The van der Waals surface area contributed by atoms with E-state index in [-0.39, 0.29) is 5.97 Å². The fourth-order valence-corrected chi connectivity index (χ4v) is 3.16. The van der Waals surface area contributed by atoms with Gasteiger partial charge in [-0.05, 0) is 44.5 Å². The van der Waals surface area contributed by atoms with Crippen LogP contribution in [0.4, 0.5) is 0 Å². The Morgan fingerprint density at radius 2 is 1.38 bits per heavy atom. The van der Waals surface area contributed by atoms with Gasteiger partial charge in [-0.3, -0.25) is 9.69 Å². The largest absolute Gasteiger partial charge is 0.425 e. The van der Waals surface area contributed by atoms with Gasteiger partial charge in [-0.25, -0.2) is 0 Å². The molecular formula is C23H39NO2. The average Bonchev–Trinajstić information content (AvgIpc) is 2.63. The summed E-state index contributed by atoms with van der Waals surface area (Å²) in [6.07, 6.45) is 12.6. The van der Waals surface area contributed by atoms with E-state index in [1.165, 1.54) is 64.2 Å². The Morgan fingerprint density at radius 3 is 1.92 bits per heavy atom. The maximum Gasteiger partial charge on any atom is 0.325 e. The SMILES string of the molecule is CCCCCCCN(CCCCCCC)CC(=O)Oc1ccccc1C. The zero-order valence-corrected chi connectivity index (χ0v) is 17.3. The third-order valence-corrected chi connectivity index (χ3v) is 4.83. The second kappa shape index (κ2) is 14.8. The summed E-state index contributed by atoms with van der Waals surface area (Å²) < 4.78 is 5.58. The van der Waals surface area contributed by atoms with E-state index >= 15 is 0 Å². The first-order chi connectivity index (χ1) is 12.7. The summed E-state index contributed by atoms with van der Waals surface area (Å²) in [6.45, 7) is 8.85. The minimum absolute atomic E-state index is 0.138. The molecule has 1 rings (SSSR count). The fraction of sp³-hybridized carbons (Fsp3) is 0.696. The third-order valence-electron chi connectivity index (χ3n) is 4.83. The van der Waals surface area contributed by atoms with Crippen LogP contribution in [0.3, 0.4) is 0 Å². The summed E-state index contributed by atoms with van der Waals surface area (Å²) in [7, 11) is 0. The van der Waals surface area contributed by atoms with Crippen molar-refractivity contribution in [1.29, 1.82) is 0 Å². The molecule has 0 spiro atoms. The van der Waals surface area contributed by atoms with Crippen LogP contribution in [-0.4, -0.2) is 30.5 Å². The molecule has 3 heteroatoms. The molecule has 0 saturated heterocycles. The van der Waals surface area contributed by atoms with Crippen LogP contribution in [0.15, 0.2) is 24.3 Å². The number of hydrogen-bond acceptors (Lipinski definition) is 3. The Labute approximate surface area is 161 Å². The van der Waals surface area contributed by atoms with Crippen molar-refractivity contribution in [3.8, 4) is 5.75 Å². The summed E-state index contributed by atoms with van der Waals surface area (Å²) in [5, 5.41) is 0. The first-order valence-corrected chi connectivity index (χ1v) is 10.7. The predicted octanol–water partition coefficient (Wildman–Crippen LogP) is 6.14. The number of carbonyl (C=O) groups is 1. The van der Waals surface area contributed by atoms with Crippen LogP contribution in [-0.2, 0) is 4.79 Å². The molecule has 148 valence electrons. The second-order valence-electron chi connectivity index (χ2n) is 7.34. The van der Waals surface area contributed by atoms with Crippen molar-refractivity contribution in [2.45, 2.75) is 85.0 Å². The van der Waals surface area contributed by atoms with Crippen molar-refractivity contribution in [2.75, 3.05) is 19.6 Å². The van der Waals surface area contributed by atoms with E-state index in [9.17, 15) is 4.79 Å². The molecule has 0 heterocycles. The number of ether oxygens (including phenoxy) is 1. The van der Waals surface area contributed by atoms with E-state index in [2.05, 4.69) is 18.7 Å². The number of benzene rings is 1. The highest BCUT2D eigenvalue weighted by molar-refractivity contribution is 5.74. The van der Waals surface area contributed by atoms with E-state index in [0.29, 0.717) is 12.3 Å². The molecule has 0 atom stereocenters. The Hall–Kier alpha value is -1.35. The molecule has 0 bridgehead atoms. The normalized spacial score (nSPS) is 11.1. The highest BCUT2D eigenvalue weighted by Gasteiger charge is 2.13. The number of unbranched alkanes of at least 4 members (excludes halogenated alkanes) is 8. The molecule has 0 aliphatic heterocycles. The zero-order chi connectivity index (χ0) is 19.0. The molecular weight excluding hydrogens is 322 g/mol. The predicted molar refractivity (Wildman–Crippen MR) is 111 cm³/mol. The lowest BCUT2D eigenvalue weighted by molar-refractivity contribution is -0.135. The lowest BCUT2D eigenvalue weighted by atomic mass is 10.1. The Morgan fingerprint density at radius 1 is 0.846 bits per heavy atom. The fourth-order valence-electron chi connectivity index (χ4n) is 3.16. The highest BCUT2D eigenvalue weighted by atomic mass is 16.5. The number of carbonyl (C=O) groups excluding carboxylic acids is 1. The zero-order valence-electron chi connectivity index (χ0n) is 17.3. The first kappa shape index (κ1) is 22.7. The number of rotatable bonds is 15.